The minimum Gasteiger partial charge on any atom is -0.385 e. The maximum atomic E-state index is 12.5. The number of carbonyl (C=O) groups is 1. The number of nitrogens with zero attached hydrogens (tertiary/aromatic N) is 2. The van der Waals surface area contributed by atoms with Gasteiger partial charge in [-0.1, -0.05) is 25.3 Å². The Morgan fingerprint density at radius 2 is 1.91 bits per heavy atom. The summed E-state index contributed by atoms with van der Waals surface area (Å²) in [5, 5.41) is 8.85. The molecular weight excluding hydrogens is 430 g/mol. The second-order valence-electron chi connectivity index (χ2n) is 9.10. The number of rotatable bonds is 9. The molecule has 1 amide bonds. The molecule has 1 aromatic carbocycles. The largest absolute Gasteiger partial charge is 0.385 e. The lowest BCUT2D eigenvalue weighted by molar-refractivity contribution is 0.0950. The number of aromatic amines is 1. The van der Waals surface area contributed by atoms with Crippen molar-refractivity contribution in [3.63, 3.8) is 0 Å². The Hall–Kier alpha value is -2.58. The van der Waals surface area contributed by atoms with Gasteiger partial charge in [0.1, 0.15) is 0 Å². The van der Waals surface area contributed by atoms with Crippen molar-refractivity contribution in [2.45, 2.75) is 72.0 Å². The molecule has 8 nitrogen and oxygen atoms in total. The van der Waals surface area contributed by atoms with Gasteiger partial charge >= 0.3 is 0 Å². The molecule has 3 rings (SSSR count). The summed E-state index contributed by atoms with van der Waals surface area (Å²) in [4.78, 5) is 27.0. The van der Waals surface area contributed by atoms with Crippen molar-refractivity contribution in [1.29, 1.82) is 0 Å². The van der Waals surface area contributed by atoms with Crippen LogP contribution in [-0.4, -0.2) is 61.0 Å². The summed E-state index contributed by atoms with van der Waals surface area (Å²) in [6.45, 7) is 7.82. The summed E-state index contributed by atoms with van der Waals surface area (Å²) in [5.41, 5.74) is 3.61. The highest BCUT2D eigenvalue weighted by molar-refractivity contribution is 5.97. The van der Waals surface area contributed by atoms with Gasteiger partial charge in [-0.05, 0) is 65.4 Å². The Morgan fingerprint density at radius 1 is 1.21 bits per heavy atom. The summed E-state index contributed by atoms with van der Waals surface area (Å²) in [7, 11) is 5.99. The number of benzene rings is 1. The Labute approximate surface area is 204 Å². The van der Waals surface area contributed by atoms with Crippen molar-refractivity contribution in [3.05, 3.63) is 50.9 Å². The van der Waals surface area contributed by atoms with Crippen LogP contribution in [0.15, 0.2) is 23.0 Å². The molecular formula is C26H43N5O3. The predicted octanol–water partition coefficient (Wildman–Crippen LogP) is 3.68. The molecule has 1 aliphatic carbocycles. The molecule has 1 heterocycles. The zero-order valence-corrected chi connectivity index (χ0v) is 21.8. The van der Waals surface area contributed by atoms with Gasteiger partial charge in [0.15, 0.2) is 0 Å². The molecule has 3 N–H and O–H groups in total. The summed E-state index contributed by atoms with van der Waals surface area (Å²) >= 11 is 0. The van der Waals surface area contributed by atoms with E-state index >= 15 is 0 Å². The van der Waals surface area contributed by atoms with Gasteiger partial charge in [-0.25, -0.2) is 0 Å². The molecule has 1 aromatic heterocycles. The normalized spacial score (nSPS) is 14.0. The highest BCUT2D eigenvalue weighted by Crippen LogP contribution is 2.20. The SMILES string of the molecule is CCNc1cccc(C(=O)NCc2c(C)n(CCOC)[nH]c2=O)c1C.CN(C)C1CCCCC1. The van der Waals surface area contributed by atoms with Gasteiger partial charge < -0.3 is 20.3 Å². The zero-order chi connectivity index (χ0) is 25.1. The van der Waals surface area contributed by atoms with E-state index in [0.717, 1.165) is 29.5 Å². The zero-order valence-electron chi connectivity index (χ0n) is 21.8. The monoisotopic (exact) mass is 473 g/mol. The number of carbonyl (C=O) groups excluding carboxylic acids is 1. The Bertz CT molecular complexity index is 958. The van der Waals surface area contributed by atoms with Crippen LogP contribution in [0.1, 0.15) is 66.2 Å². The van der Waals surface area contributed by atoms with Crippen LogP contribution in [0.5, 0.6) is 0 Å². The van der Waals surface area contributed by atoms with E-state index in [1.807, 2.05) is 32.9 Å². The Balaban J connectivity index is 0.000000379. The number of nitrogens with one attached hydrogen (secondary N) is 3. The van der Waals surface area contributed by atoms with Gasteiger partial charge in [0, 0.05) is 36.6 Å². The van der Waals surface area contributed by atoms with E-state index in [-0.39, 0.29) is 18.0 Å². The summed E-state index contributed by atoms with van der Waals surface area (Å²) in [6, 6.07) is 6.46. The first-order valence-corrected chi connectivity index (χ1v) is 12.3. The van der Waals surface area contributed by atoms with Crippen molar-refractivity contribution in [1.82, 2.24) is 20.0 Å². The van der Waals surface area contributed by atoms with Gasteiger partial charge in [-0.2, -0.15) is 0 Å². The molecule has 0 atom stereocenters. The van der Waals surface area contributed by atoms with Crippen molar-refractivity contribution in [2.75, 3.05) is 39.7 Å². The number of hydrogen-bond donors (Lipinski definition) is 3. The predicted molar refractivity (Wildman–Crippen MR) is 139 cm³/mol. The lowest BCUT2D eigenvalue weighted by Gasteiger charge is -2.27. The highest BCUT2D eigenvalue weighted by Gasteiger charge is 2.15. The van der Waals surface area contributed by atoms with E-state index in [9.17, 15) is 9.59 Å². The smallest absolute Gasteiger partial charge is 0.269 e. The maximum Gasteiger partial charge on any atom is 0.269 e. The van der Waals surface area contributed by atoms with Crippen LogP contribution in [0.4, 0.5) is 5.69 Å². The molecule has 1 saturated carbocycles. The second kappa shape index (κ2) is 14.0. The first-order chi connectivity index (χ1) is 16.3. The summed E-state index contributed by atoms with van der Waals surface area (Å²) in [5.74, 6) is -0.194. The van der Waals surface area contributed by atoms with Gasteiger partial charge in [0.05, 0.1) is 25.3 Å². The van der Waals surface area contributed by atoms with Gasteiger partial charge in [0.25, 0.3) is 11.5 Å². The highest BCUT2D eigenvalue weighted by atomic mass is 16.5. The van der Waals surface area contributed by atoms with E-state index in [1.165, 1.54) is 32.1 Å². The fourth-order valence-corrected chi connectivity index (χ4v) is 4.34. The quantitative estimate of drug-likeness (QED) is 0.517. The van der Waals surface area contributed by atoms with Crippen molar-refractivity contribution < 1.29 is 9.53 Å². The third-order valence-corrected chi connectivity index (χ3v) is 6.55. The van der Waals surface area contributed by atoms with Crippen molar-refractivity contribution in [2.24, 2.45) is 0 Å². The fraction of sp³-hybridized carbons (Fsp3) is 0.615. The Morgan fingerprint density at radius 3 is 2.50 bits per heavy atom. The Kier molecular flexibility index (Phi) is 11.4. The van der Waals surface area contributed by atoms with Crippen LogP contribution < -0.4 is 16.2 Å². The van der Waals surface area contributed by atoms with Crippen LogP contribution in [0.3, 0.4) is 0 Å². The molecule has 1 fully saturated rings. The number of methoxy groups -OCH3 is 1. The molecule has 0 aliphatic heterocycles. The summed E-state index contributed by atoms with van der Waals surface area (Å²) < 4.78 is 6.77. The minimum absolute atomic E-state index is 0.185. The van der Waals surface area contributed by atoms with Gasteiger partial charge in [-0.3, -0.25) is 19.4 Å². The molecule has 0 saturated heterocycles. The average Bonchev–Trinajstić information content (AvgIpc) is 3.10. The third-order valence-electron chi connectivity index (χ3n) is 6.55. The molecule has 0 unspecified atom stereocenters. The van der Waals surface area contributed by atoms with Gasteiger partial charge in [0.2, 0.25) is 0 Å². The fourth-order valence-electron chi connectivity index (χ4n) is 4.34. The number of ether oxygens (including phenoxy) is 1. The molecule has 190 valence electrons. The number of hydrogen-bond acceptors (Lipinski definition) is 5. The van der Waals surface area contributed by atoms with Crippen LogP contribution in [-0.2, 0) is 17.8 Å². The molecule has 0 radical (unpaired) electrons. The average molecular weight is 474 g/mol. The maximum absolute atomic E-state index is 12.5. The first-order valence-electron chi connectivity index (χ1n) is 12.3. The third kappa shape index (κ3) is 7.74. The van der Waals surface area contributed by atoms with Crippen molar-refractivity contribution >= 4 is 11.6 Å². The van der Waals surface area contributed by atoms with Crippen LogP contribution in [0.25, 0.3) is 0 Å². The van der Waals surface area contributed by atoms with E-state index in [0.29, 0.717) is 24.3 Å². The number of amides is 1. The van der Waals surface area contributed by atoms with E-state index in [4.69, 9.17) is 4.74 Å². The number of aromatic nitrogens is 2. The lowest BCUT2D eigenvalue weighted by Crippen LogP contribution is -2.29. The standard InChI is InChI=1S/C18H26N4O3.C8H17N/c1-5-19-16-8-6-7-14(12(16)2)17(23)20-11-15-13(3)22(9-10-25-4)21-18(15)24;1-9(2)8-6-4-3-5-7-8/h6-8,19H,5,9-11H2,1-4H3,(H,20,23)(H,21,24);8H,3-7H2,1-2H3. The lowest BCUT2D eigenvalue weighted by atomic mass is 9.95. The van der Waals surface area contributed by atoms with Crippen LogP contribution >= 0.6 is 0 Å². The molecule has 34 heavy (non-hydrogen) atoms. The first kappa shape index (κ1) is 27.7. The topological polar surface area (TPSA) is 91.4 Å². The summed E-state index contributed by atoms with van der Waals surface area (Å²) in [6.07, 6.45) is 7.20. The molecule has 8 heteroatoms. The molecule has 2 aromatic rings. The van der Waals surface area contributed by atoms with E-state index in [1.54, 1.807) is 17.9 Å². The minimum atomic E-state index is -0.194. The van der Waals surface area contributed by atoms with Crippen molar-refractivity contribution in [3.8, 4) is 0 Å². The molecule has 1 aliphatic rings. The van der Waals surface area contributed by atoms with Gasteiger partial charge in [-0.15, -0.1) is 0 Å². The van der Waals surface area contributed by atoms with Crippen LogP contribution in [0, 0.1) is 13.8 Å². The van der Waals surface area contributed by atoms with E-state index < -0.39 is 0 Å². The number of anilines is 1. The number of H-pyrrole nitrogens is 1. The molecule has 0 spiro atoms. The second-order valence-corrected chi connectivity index (χ2v) is 9.10. The molecule has 0 bridgehead atoms. The van der Waals surface area contributed by atoms with E-state index in [2.05, 4.69) is 34.7 Å². The van der Waals surface area contributed by atoms with Crippen LogP contribution in [0.2, 0.25) is 0 Å².